The maximum absolute atomic E-state index is 13.5. The second-order valence-electron chi connectivity index (χ2n) is 13.6. The third-order valence-electron chi connectivity index (χ3n) is 8.29. The Bertz CT molecular complexity index is 1710. The fourth-order valence-corrected chi connectivity index (χ4v) is 5.38. The van der Waals surface area contributed by atoms with Crippen molar-refractivity contribution in [2.24, 2.45) is 5.92 Å². The Hall–Kier alpha value is -6.08. The number of likely N-dealkylation sites (N-methyl/N-ethyl adjacent to an activating group) is 1. The molecule has 0 spiro atoms. The molecule has 0 aromatic heterocycles. The molecule has 1 heterocycles. The number of carbonyl (C=O) groups is 8. The first-order chi connectivity index (χ1) is 26.5. The highest BCUT2D eigenvalue weighted by Crippen LogP contribution is 2.26. The number of amides is 6. The van der Waals surface area contributed by atoms with E-state index in [0.717, 1.165) is 12.5 Å². The van der Waals surface area contributed by atoms with E-state index >= 15 is 0 Å². The van der Waals surface area contributed by atoms with Gasteiger partial charge in [-0.3, -0.25) is 39.0 Å². The summed E-state index contributed by atoms with van der Waals surface area (Å²) < 4.78 is 10.5. The molecule has 0 radical (unpaired) electrons. The molecule has 19 heteroatoms. The smallest absolute Gasteiger partial charge is 0.408 e. The van der Waals surface area contributed by atoms with Crippen molar-refractivity contribution in [1.29, 1.82) is 0 Å². The van der Waals surface area contributed by atoms with E-state index in [9.17, 15) is 53.7 Å². The van der Waals surface area contributed by atoms with Crippen LogP contribution in [0.15, 0.2) is 60.7 Å². The topological polar surface area (TPSA) is 274 Å². The second kappa shape index (κ2) is 21.1. The van der Waals surface area contributed by atoms with Crippen molar-refractivity contribution in [2.45, 2.75) is 89.6 Å². The number of hydrogen-bond donors (Lipinski definition) is 7. The van der Waals surface area contributed by atoms with Crippen LogP contribution in [-0.4, -0.2) is 123 Å². The normalized spacial score (nSPS) is 16.5. The molecule has 2 aromatic carbocycles. The molecule has 6 amide bonds. The van der Waals surface area contributed by atoms with Gasteiger partial charge in [0.15, 0.2) is 12.2 Å². The van der Waals surface area contributed by atoms with E-state index in [1.165, 1.54) is 11.9 Å². The van der Waals surface area contributed by atoms with Crippen LogP contribution in [0.25, 0.3) is 0 Å². The van der Waals surface area contributed by atoms with Crippen molar-refractivity contribution in [3.8, 4) is 0 Å². The molecule has 2 aromatic rings. The minimum atomic E-state index is -1.87. The Morgan fingerprint density at radius 2 is 1.32 bits per heavy atom. The molecule has 56 heavy (non-hydrogen) atoms. The zero-order valence-electron chi connectivity index (χ0n) is 31.4. The average molecular weight is 785 g/mol. The molecule has 0 bridgehead atoms. The van der Waals surface area contributed by atoms with Gasteiger partial charge in [-0.05, 0) is 36.8 Å². The molecule has 1 fully saturated rings. The summed E-state index contributed by atoms with van der Waals surface area (Å²) in [5.74, 6) is -7.97. The summed E-state index contributed by atoms with van der Waals surface area (Å²) in [4.78, 5) is 104. The van der Waals surface area contributed by atoms with E-state index in [-0.39, 0.29) is 25.5 Å². The van der Waals surface area contributed by atoms with Gasteiger partial charge in [0.1, 0.15) is 31.3 Å². The average Bonchev–Trinajstić information content (AvgIpc) is 3.94. The van der Waals surface area contributed by atoms with Crippen LogP contribution in [0.4, 0.5) is 4.79 Å². The number of aliphatic carboxylic acids is 2. The molecule has 7 N–H and O–H groups in total. The molecule has 3 rings (SSSR count). The number of nitrogens with zero attached hydrogens (tertiary/aromatic N) is 2. The van der Waals surface area contributed by atoms with Crippen molar-refractivity contribution in [1.82, 2.24) is 31.3 Å². The van der Waals surface area contributed by atoms with E-state index in [2.05, 4.69) is 16.0 Å². The van der Waals surface area contributed by atoms with Gasteiger partial charge >= 0.3 is 18.0 Å². The summed E-state index contributed by atoms with van der Waals surface area (Å²) in [5, 5.41) is 36.7. The fourth-order valence-electron chi connectivity index (χ4n) is 5.38. The maximum Gasteiger partial charge on any atom is 0.408 e. The number of benzene rings is 2. The number of epoxide rings is 1. The number of nitrogens with one attached hydrogen (secondary N) is 4. The van der Waals surface area contributed by atoms with Crippen molar-refractivity contribution in [3.63, 3.8) is 0 Å². The van der Waals surface area contributed by atoms with Gasteiger partial charge in [0, 0.05) is 20.0 Å². The van der Waals surface area contributed by atoms with Gasteiger partial charge in [-0.2, -0.15) is 0 Å². The summed E-state index contributed by atoms with van der Waals surface area (Å²) in [6.07, 6.45) is -6.33. The van der Waals surface area contributed by atoms with E-state index in [1.807, 2.05) is 5.43 Å². The zero-order valence-corrected chi connectivity index (χ0v) is 31.4. The summed E-state index contributed by atoms with van der Waals surface area (Å²) in [6, 6.07) is 13.0. The lowest BCUT2D eigenvalue weighted by Crippen LogP contribution is -2.62. The molecule has 0 saturated carbocycles. The van der Waals surface area contributed by atoms with E-state index < -0.39 is 103 Å². The molecule has 19 nitrogen and oxygen atoms in total. The van der Waals surface area contributed by atoms with E-state index in [4.69, 9.17) is 9.47 Å². The number of ether oxygens (including phenoxy) is 2. The molecule has 4 unspecified atom stereocenters. The first kappa shape index (κ1) is 44.3. The molecule has 1 saturated heterocycles. The Balaban J connectivity index is 1.69. The number of carboxylic acids is 2. The van der Waals surface area contributed by atoms with E-state index in [0.29, 0.717) is 10.6 Å². The Morgan fingerprint density at radius 1 is 0.750 bits per heavy atom. The van der Waals surface area contributed by atoms with Gasteiger partial charge in [-0.1, -0.05) is 74.5 Å². The lowest BCUT2D eigenvalue weighted by atomic mass is 10.0. The number of hydrogen-bond acceptors (Lipinski definition) is 11. The highest BCUT2D eigenvalue weighted by atomic mass is 16.6. The van der Waals surface area contributed by atoms with Gasteiger partial charge in [-0.25, -0.2) is 9.80 Å². The van der Waals surface area contributed by atoms with E-state index in [1.54, 1.807) is 74.5 Å². The summed E-state index contributed by atoms with van der Waals surface area (Å²) in [5.41, 5.74) is 3.53. The summed E-state index contributed by atoms with van der Waals surface area (Å²) >= 11 is 0. The molecule has 0 aliphatic carbocycles. The van der Waals surface area contributed by atoms with Crippen LogP contribution in [0.3, 0.4) is 0 Å². The number of alkyl carbamates (subject to hydrolysis) is 1. The number of hydrazine groups is 1. The molecule has 304 valence electrons. The Labute approximate surface area is 322 Å². The van der Waals surface area contributed by atoms with Gasteiger partial charge in [-0.15, -0.1) is 0 Å². The Kier molecular flexibility index (Phi) is 16.7. The lowest BCUT2D eigenvalue weighted by Gasteiger charge is -2.28. The highest BCUT2D eigenvalue weighted by molar-refractivity contribution is 5.98. The summed E-state index contributed by atoms with van der Waals surface area (Å²) in [7, 11) is 1.49. The van der Waals surface area contributed by atoms with Crippen molar-refractivity contribution in [3.05, 3.63) is 71.8 Å². The number of rotatable bonds is 20. The number of carboxylic acid groups (broad SMARTS) is 2. The standard InChI is InChI=1S/C37H48N6O13/c1-21(2)17-26(39-37(54)55-20-24-13-9-6-10-14-24)33(50)38-25(15-16-27(45)46)32(49)40-29(22(3)44)34(51)41-43(19-28(47)48)36(53)31-30(56-31)35(52)42(4)18-23-11-7-5-8-12-23/h5-14,21-22,25-26,29-31,44H,15-20H2,1-4H3,(H,38,50)(H,39,54)(H,40,49)(H,41,51)(H,45,46)(H,47,48)/t22?,25?,26?,29?,30-,31-/m0/s1. The minimum absolute atomic E-state index is 0.0894. The number of aliphatic hydroxyl groups excluding tert-OH is 1. The Morgan fingerprint density at radius 3 is 1.88 bits per heavy atom. The fraction of sp³-hybridized carbons (Fsp3) is 0.459. The maximum atomic E-state index is 13.5. The number of aliphatic hydroxyl groups is 1. The molecular formula is C37H48N6O13. The van der Waals surface area contributed by atoms with Crippen LogP contribution >= 0.6 is 0 Å². The van der Waals surface area contributed by atoms with Crippen molar-refractivity contribution in [2.75, 3.05) is 13.6 Å². The second-order valence-corrected chi connectivity index (χ2v) is 13.6. The van der Waals surface area contributed by atoms with Crippen LogP contribution in [0.5, 0.6) is 0 Å². The monoisotopic (exact) mass is 784 g/mol. The predicted octanol–water partition coefficient (Wildman–Crippen LogP) is -0.0869. The molecule has 1 aliphatic rings. The van der Waals surface area contributed by atoms with Gasteiger partial charge in [0.2, 0.25) is 11.8 Å². The minimum Gasteiger partial charge on any atom is -0.481 e. The number of carbonyl (C=O) groups excluding carboxylic acids is 6. The zero-order chi connectivity index (χ0) is 41.5. The molecular weight excluding hydrogens is 736 g/mol. The third kappa shape index (κ3) is 14.3. The van der Waals surface area contributed by atoms with Gasteiger partial charge in [0.05, 0.1) is 6.10 Å². The highest BCUT2D eigenvalue weighted by Gasteiger charge is 2.53. The van der Waals surface area contributed by atoms with Gasteiger partial charge in [0.25, 0.3) is 17.7 Å². The van der Waals surface area contributed by atoms with Crippen molar-refractivity contribution < 1.29 is 63.1 Å². The predicted molar refractivity (Wildman–Crippen MR) is 194 cm³/mol. The van der Waals surface area contributed by atoms with Crippen LogP contribution in [-0.2, 0) is 56.2 Å². The van der Waals surface area contributed by atoms with Crippen LogP contribution < -0.4 is 21.4 Å². The lowest BCUT2D eigenvalue weighted by molar-refractivity contribution is -0.152. The SMILES string of the molecule is CC(C)CC(NC(=O)OCc1ccccc1)C(=O)NC(CCC(=O)O)C(=O)NC(C(=O)NN(CC(=O)O)C(=O)[C@H]1O[C@@H]1C(=O)N(C)Cc1ccccc1)C(C)O. The molecule has 6 atom stereocenters. The van der Waals surface area contributed by atoms with Gasteiger partial charge < -0.3 is 45.6 Å². The van der Waals surface area contributed by atoms with Crippen LogP contribution in [0, 0.1) is 5.92 Å². The first-order valence-electron chi connectivity index (χ1n) is 17.7. The summed E-state index contributed by atoms with van der Waals surface area (Å²) in [6.45, 7) is 3.64. The van der Waals surface area contributed by atoms with Crippen molar-refractivity contribution >= 4 is 47.6 Å². The third-order valence-corrected chi connectivity index (χ3v) is 8.29. The largest absolute Gasteiger partial charge is 0.481 e. The first-order valence-corrected chi connectivity index (χ1v) is 17.7. The quantitative estimate of drug-likeness (QED) is 0.0685. The van der Waals surface area contributed by atoms with Crippen LogP contribution in [0.1, 0.15) is 51.2 Å². The molecule has 1 aliphatic heterocycles. The van der Waals surface area contributed by atoms with Crippen LogP contribution in [0.2, 0.25) is 0 Å².